The summed E-state index contributed by atoms with van der Waals surface area (Å²) in [6.07, 6.45) is 7.56. The SMILES string of the molecule is Clc1cc(Cl)cc(Nc2nc(NC3CCCCCC3)c3ccccc3n2)c1. The van der Waals surface area contributed by atoms with E-state index in [0.29, 0.717) is 22.0 Å². The van der Waals surface area contributed by atoms with Crippen LogP contribution < -0.4 is 10.6 Å². The van der Waals surface area contributed by atoms with Crippen molar-refractivity contribution in [3.05, 3.63) is 52.5 Å². The summed E-state index contributed by atoms with van der Waals surface area (Å²) in [6.45, 7) is 0. The number of anilines is 3. The molecule has 2 N–H and O–H groups in total. The lowest BCUT2D eigenvalue weighted by molar-refractivity contribution is 0.618. The van der Waals surface area contributed by atoms with Crippen LogP contribution in [0.1, 0.15) is 38.5 Å². The molecule has 6 heteroatoms. The van der Waals surface area contributed by atoms with E-state index < -0.39 is 0 Å². The van der Waals surface area contributed by atoms with E-state index in [1.165, 1.54) is 38.5 Å². The number of fused-ring (bicyclic) bond motifs is 1. The zero-order valence-electron chi connectivity index (χ0n) is 15.0. The van der Waals surface area contributed by atoms with Gasteiger partial charge in [-0.05, 0) is 43.2 Å². The molecule has 1 heterocycles. The summed E-state index contributed by atoms with van der Waals surface area (Å²) in [4.78, 5) is 9.41. The molecule has 3 aromatic rings. The lowest BCUT2D eigenvalue weighted by atomic mass is 10.1. The lowest BCUT2D eigenvalue weighted by Gasteiger charge is -2.19. The third-order valence-corrected chi connectivity index (χ3v) is 5.35. The molecular formula is C21H22Cl2N4. The molecule has 1 aromatic heterocycles. The molecule has 0 unspecified atom stereocenters. The van der Waals surface area contributed by atoms with E-state index in [1.807, 2.05) is 30.3 Å². The fraction of sp³-hybridized carbons (Fsp3) is 0.333. The molecule has 27 heavy (non-hydrogen) atoms. The van der Waals surface area contributed by atoms with Gasteiger partial charge in [-0.1, -0.05) is 61.0 Å². The van der Waals surface area contributed by atoms with Crippen molar-refractivity contribution in [3.8, 4) is 0 Å². The average Bonchev–Trinajstić information content (AvgIpc) is 2.89. The number of halogens is 2. The van der Waals surface area contributed by atoms with E-state index in [4.69, 9.17) is 28.2 Å². The summed E-state index contributed by atoms with van der Waals surface area (Å²) < 4.78 is 0. The van der Waals surface area contributed by atoms with Gasteiger partial charge in [0.2, 0.25) is 5.95 Å². The largest absolute Gasteiger partial charge is 0.367 e. The van der Waals surface area contributed by atoms with Crippen molar-refractivity contribution in [1.29, 1.82) is 0 Å². The molecule has 1 aliphatic rings. The van der Waals surface area contributed by atoms with E-state index in [0.717, 1.165) is 22.4 Å². The minimum atomic E-state index is 0.458. The first-order valence-electron chi connectivity index (χ1n) is 9.44. The molecule has 140 valence electrons. The molecule has 0 amide bonds. The fourth-order valence-corrected chi connectivity index (χ4v) is 4.14. The minimum Gasteiger partial charge on any atom is -0.367 e. The smallest absolute Gasteiger partial charge is 0.229 e. The first-order valence-corrected chi connectivity index (χ1v) is 10.2. The monoisotopic (exact) mass is 400 g/mol. The number of hydrogen-bond donors (Lipinski definition) is 2. The summed E-state index contributed by atoms with van der Waals surface area (Å²) >= 11 is 12.2. The number of rotatable bonds is 4. The van der Waals surface area contributed by atoms with Gasteiger partial charge in [0.1, 0.15) is 5.82 Å². The normalized spacial score (nSPS) is 15.5. The van der Waals surface area contributed by atoms with Gasteiger partial charge in [-0.2, -0.15) is 4.98 Å². The van der Waals surface area contributed by atoms with E-state index in [-0.39, 0.29) is 0 Å². The third kappa shape index (κ3) is 4.63. The summed E-state index contributed by atoms with van der Waals surface area (Å²) in [5, 5.41) is 9.09. The van der Waals surface area contributed by atoms with Gasteiger partial charge < -0.3 is 10.6 Å². The van der Waals surface area contributed by atoms with Gasteiger partial charge in [-0.15, -0.1) is 0 Å². The molecule has 0 spiro atoms. The Labute approximate surface area is 169 Å². The Morgan fingerprint density at radius 2 is 1.56 bits per heavy atom. The van der Waals surface area contributed by atoms with Gasteiger partial charge in [-0.3, -0.25) is 0 Å². The van der Waals surface area contributed by atoms with Crippen molar-refractivity contribution in [3.63, 3.8) is 0 Å². The zero-order valence-corrected chi connectivity index (χ0v) is 16.5. The number of nitrogens with zero attached hydrogens (tertiary/aromatic N) is 2. The summed E-state index contributed by atoms with van der Waals surface area (Å²) in [5.74, 6) is 1.41. The molecule has 0 atom stereocenters. The van der Waals surface area contributed by atoms with Crippen LogP contribution in [-0.2, 0) is 0 Å². The molecule has 2 aromatic carbocycles. The highest BCUT2D eigenvalue weighted by Crippen LogP contribution is 2.28. The van der Waals surface area contributed by atoms with Crippen molar-refractivity contribution < 1.29 is 0 Å². The Morgan fingerprint density at radius 1 is 0.852 bits per heavy atom. The van der Waals surface area contributed by atoms with Crippen molar-refractivity contribution >= 4 is 51.6 Å². The first-order chi connectivity index (χ1) is 13.2. The average molecular weight is 401 g/mol. The molecule has 4 nitrogen and oxygen atoms in total. The van der Waals surface area contributed by atoms with Crippen LogP contribution in [0, 0.1) is 0 Å². The van der Waals surface area contributed by atoms with Gasteiger partial charge >= 0.3 is 0 Å². The second-order valence-corrected chi connectivity index (χ2v) is 7.90. The molecule has 0 radical (unpaired) electrons. The molecule has 1 aliphatic carbocycles. The van der Waals surface area contributed by atoms with Crippen molar-refractivity contribution in [1.82, 2.24) is 9.97 Å². The van der Waals surface area contributed by atoms with E-state index in [1.54, 1.807) is 6.07 Å². The highest BCUT2D eigenvalue weighted by atomic mass is 35.5. The number of para-hydroxylation sites is 1. The lowest BCUT2D eigenvalue weighted by Crippen LogP contribution is -2.19. The van der Waals surface area contributed by atoms with Gasteiger partial charge in [0.15, 0.2) is 0 Å². The number of hydrogen-bond acceptors (Lipinski definition) is 4. The molecule has 1 saturated carbocycles. The van der Waals surface area contributed by atoms with Crippen LogP contribution in [0.4, 0.5) is 17.5 Å². The Hall–Kier alpha value is -2.04. The summed E-state index contributed by atoms with van der Waals surface area (Å²) in [6, 6.07) is 13.9. The van der Waals surface area contributed by atoms with Gasteiger partial charge in [0.05, 0.1) is 5.52 Å². The highest BCUT2D eigenvalue weighted by Gasteiger charge is 2.15. The van der Waals surface area contributed by atoms with Crippen LogP contribution in [0.3, 0.4) is 0 Å². The molecule has 1 fully saturated rings. The molecule has 0 bridgehead atoms. The first kappa shape index (κ1) is 18.3. The maximum atomic E-state index is 6.11. The van der Waals surface area contributed by atoms with Crippen LogP contribution in [0.25, 0.3) is 10.9 Å². The second-order valence-electron chi connectivity index (χ2n) is 7.03. The summed E-state index contributed by atoms with van der Waals surface area (Å²) in [7, 11) is 0. The number of aromatic nitrogens is 2. The standard InChI is InChI=1S/C21H22Cl2N4/c22-14-11-15(23)13-17(12-14)25-21-26-19-10-6-5-9-18(19)20(27-21)24-16-7-3-1-2-4-8-16/h5-6,9-13,16H,1-4,7-8H2,(H2,24,25,26,27). The Kier molecular flexibility index (Phi) is 5.65. The molecule has 0 aliphatic heterocycles. The van der Waals surface area contributed by atoms with Crippen molar-refractivity contribution in [2.45, 2.75) is 44.6 Å². The van der Waals surface area contributed by atoms with Crippen LogP contribution in [-0.4, -0.2) is 16.0 Å². The number of nitrogens with one attached hydrogen (secondary N) is 2. The maximum Gasteiger partial charge on any atom is 0.229 e. The molecule has 0 saturated heterocycles. The molecular weight excluding hydrogens is 379 g/mol. The Bertz CT molecular complexity index is 916. The van der Waals surface area contributed by atoms with Gasteiger partial charge in [0.25, 0.3) is 0 Å². The number of benzene rings is 2. The predicted molar refractivity (Wildman–Crippen MR) is 114 cm³/mol. The van der Waals surface area contributed by atoms with Gasteiger partial charge in [-0.25, -0.2) is 4.98 Å². The maximum absolute atomic E-state index is 6.11. The summed E-state index contributed by atoms with van der Waals surface area (Å²) in [5.41, 5.74) is 1.67. The van der Waals surface area contributed by atoms with Crippen molar-refractivity contribution in [2.24, 2.45) is 0 Å². The van der Waals surface area contributed by atoms with Crippen LogP contribution in [0.5, 0.6) is 0 Å². The Morgan fingerprint density at radius 3 is 2.30 bits per heavy atom. The minimum absolute atomic E-state index is 0.458. The topological polar surface area (TPSA) is 49.8 Å². The highest BCUT2D eigenvalue weighted by molar-refractivity contribution is 6.35. The van der Waals surface area contributed by atoms with Crippen molar-refractivity contribution in [2.75, 3.05) is 10.6 Å². The third-order valence-electron chi connectivity index (χ3n) is 4.92. The van der Waals surface area contributed by atoms with Gasteiger partial charge in [0, 0.05) is 27.2 Å². The van der Waals surface area contributed by atoms with Crippen LogP contribution in [0.15, 0.2) is 42.5 Å². The van der Waals surface area contributed by atoms with E-state index >= 15 is 0 Å². The quantitative estimate of drug-likeness (QED) is 0.471. The van der Waals surface area contributed by atoms with E-state index in [9.17, 15) is 0 Å². The van der Waals surface area contributed by atoms with Crippen LogP contribution in [0.2, 0.25) is 10.0 Å². The Balaban J connectivity index is 1.67. The van der Waals surface area contributed by atoms with E-state index in [2.05, 4.69) is 21.7 Å². The molecule has 4 rings (SSSR count). The zero-order chi connectivity index (χ0) is 18.6. The predicted octanol–water partition coefficient (Wildman–Crippen LogP) is 6.81. The van der Waals surface area contributed by atoms with Crippen LogP contribution >= 0.6 is 23.2 Å². The second kappa shape index (κ2) is 8.32. The fourth-order valence-electron chi connectivity index (χ4n) is 3.61.